The zero-order valence-corrected chi connectivity index (χ0v) is 12.1. The first-order chi connectivity index (χ1) is 9.71. The summed E-state index contributed by atoms with van der Waals surface area (Å²) < 4.78 is 5.30. The Balaban J connectivity index is 2.04. The van der Waals surface area contributed by atoms with Crippen molar-refractivity contribution in [3.05, 3.63) is 35.5 Å². The van der Waals surface area contributed by atoms with Gasteiger partial charge in [-0.25, -0.2) is 9.97 Å². The Hall–Kier alpha value is -2.10. The van der Waals surface area contributed by atoms with Crippen molar-refractivity contribution >= 4 is 5.82 Å². The van der Waals surface area contributed by atoms with E-state index in [4.69, 9.17) is 9.72 Å². The van der Waals surface area contributed by atoms with E-state index in [1.54, 1.807) is 7.11 Å². The molecule has 0 unspecified atom stereocenters. The standard InChI is InChI=1S/C16H19N3O/c1-10-8-12(6-7-14(10)20-3)16-18-13(11-4-5-11)9-15(17-2)19-16/h6-9,11H,4-5H2,1-3H3,(H,17,18,19). The Morgan fingerprint density at radius 2 is 2.00 bits per heavy atom. The minimum Gasteiger partial charge on any atom is -0.496 e. The smallest absolute Gasteiger partial charge is 0.161 e. The lowest BCUT2D eigenvalue weighted by atomic mass is 10.1. The summed E-state index contributed by atoms with van der Waals surface area (Å²) in [5.74, 6) is 3.17. The molecule has 0 bridgehead atoms. The third-order valence-electron chi connectivity index (χ3n) is 3.65. The number of aromatic nitrogens is 2. The zero-order valence-electron chi connectivity index (χ0n) is 12.1. The van der Waals surface area contributed by atoms with Gasteiger partial charge < -0.3 is 10.1 Å². The fourth-order valence-corrected chi connectivity index (χ4v) is 2.33. The Labute approximate surface area is 119 Å². The van der Waals surface area contributed by atoms with Crippen molar-refractivity contribution in [2.45, 2.75) is 25.7 Å². The maximum atomic E-state index is 5.30. The van der Waals surface area contributed by atoms with Gasteiger partial charge in [-0.1, -0.05) is 0 Å². The Morgan fingerprint density at radius 3 is 2.60 bits per heavy atom. The number of nitrogens with one attached hydrogen (secondary N) is 1. The number of methoxy groups -OCH3 is 1. The maximum absolute atomic E-state index is 5.30. The molecule has 4 nitrogen and oxygen atoms in total. The number of hydrogen-bond acceptors (Lipinski definition) is 4. The van der Waals surface area contributed by atoms with Gasteiger partial charge >= 0.3 is 0 Å². The molecule has 1 saturated carbocycles. The van der Waals surface area contributed by atoms with E-state index in [9.17, 15) is 0 Å². The van der Waals surface area contributed by atoms with Gasteiger partial charge in [0.25, 0.3) is 0 Å². The number of hydrogen-bond donors (Lipinski definition) is 1. The Kier molecular flexibility index (Phi) is 3.30. The van der Waals surface area contributed by atoms with Crippen LogP contribution >= 0.6 is 0 Å². The molecule has 3 rings (SSSR count). The van der Waals surface area contributed by atoms with Crippen LogP contribution in [0, 0.1) is 6.92 Å². The van der Waals surface area contributed by atoms with Crippen LogP contribution in [-0.4, -0.2) is 24.1 Å². The van der Waals surface area contributed by atoms with Gasteiger partial charge in [0.15, 0.2) is 5.82 Å². The monoisotopic (exact) mass is 269 g/mol. The number of nitrogens with zero attached hydrogens (tertiary/aromatic N) is 2. The summed E-state index contributed by atoms with van der Waals surface area (Å²) in [5, 5.41) is 3.12. The van der Waals surface area contributed by atoms with Gasteiger partial charge in [-0.3, -0.25) is 0 Å². The van der Waals surface area contributed by atoms with Crippen LogP contribution in [-0.2, 0) is 0 Å². The number of benzene rings is 1. The Bertz CT molecular complexity index is 636. The number of anilines is 1. The van der Waals surface area contributed by atoms with Gasteiger partial charge in [0, 0.05) is 30.3 Å². The van der Waals surface area contributed by atoms with Crippen molar-refractivity contribution in [2.75, 3.05) is 19.5 Å². The van der Waals surface area contributed by atoms with Gasteiger partial charge in [0.2, 0.25) is 0 Å². The van der Waals surface area contributed by atoms with E-state index in [1.807, 2.05) is 26.1 Å². The van der Waals surface area contributed by atoms with E-state index < -0.39 is 0 Å². The fourth-order valence-electron chi connectivity index (χ4n) is 2.33. The lowest BCUT2D eigenvalue weighted by Crippen LogP contribution is -2.00. The lowest BCUT2D eigenvalue weighted by molar-refractivity contribution is 0.412. The SMILES string of the molecule is CNc1cc(C2CC2)nc(-c2ccc(OC)c(C)c2)n1. The van der Waals surface area contributed by atoms with Crippen LogP contribution in [0.25, 0.3) is 11.4 Å². The number of aryl methyl sites for hydroxylation is 1. The third-order valence-corrected chi connectivity index (χ3v) is 3.65. The van der Waals surface area contributed by atoms with E-state index in [0.717, 1.165) is 34.2 Å². The van der Waals surface area contributed by atoms with E-state index in [0.29, 0.717) is 5.92 Å². The molecular formula is C16H19N3O. The molecule has 1 aliphatic carbocycles. The largest absolute Gasteiger partial charge is 0.496 e. The Morgan fingerprint density at radius 1 is 1.20 bits per heavy atom. The summed E-state index contributed by atoms with van der Waals surface area (Å²) in [6.45, 7) is 2.03. The van der Waals surface area contributed by atoms with Crippen LogP contribution in [0.2, 0.25) is 0 Å². The van der Waals surface area contributed by atoms with Crippen molar-refractivity contribution in [1.82, 2.24) is 9.97 Å². The van der Waals surface area contributed by atoms with E-state index in [2.05, 4.69) is 22.4 Å². The molecule has 1 N–H and O–H groups in total. The second-order valence-electron chi connectivity index (χ2n) is 5.21. The van der Waals surface area contributed by atoms with Crippen LogP contribution in [0.5, 0.6) is 5.75 Å². The molecule has 1 aliphatic rings. The quantitative estimate of drug-likeness (QED) is 0.924. The van der Waals surface area contributed by atoms with Crippen LogP contribution in [0.1, 0.15) is 30.0 Å². The molecule has 0 saturated heterocycles. The predicted molar refractivity (Wildman–Crippen MR) is 80.3 cm³/mol. The molecule has 0 amide bonds. The average molecular weight is 269 g/mol. The molecule has 0 atom stereocenters. The normalized spacial score (nSPS) is 14.2. The van der Waals surface area contributed by atoms with Crippen molar-refractivity contribution < 1.29 is 4.74 Å². The molecule has 1 aromatic carbocycles. The van der Waals surface area contributed by atoms with Gasteiger partial charge in [-0.2, -0.15) is 0 Å². The van der Waals surface area contributed by atoms with Crippen LogP contribution < -0.4 is 10.1 Å². The average Bonchev–Trinajstić information content (AvgIpc) is 3.31. The molecule has 0 aliphatic heterocycles. The predicted octanol–water partition coefficient (Wildman–Crippen LogP) is 3.38. The van der Waals surface area contributed by atoms with Gasteiger partial charge in [0.05, 0.1) is 7.11 Å². The van der Waals surface area contributed by atoms with Crippen molar-refractivity contribution in [1.29, 1.82) is 0 Å². The lowest BCUT2D eigenvalue weighted by Gasteiger charge is -2.09. The number of ether oxygens (including phenoxy) is 1. The molecule has 104 valence electrons. The highest BCUT2D eigenvalue weighted by molar-refractivity contribution is 5.61. The third kappa shape index (κ3) is 2.46. The molecule has 1 heterocycles. The summed E-state index contributed by atoms with van der Waals surface area (Å²) in [5.41, 5.74) is 3.27. The van der Waals surface area contributed by atoms with Gasteiger partial charge in [-0.15, -0.1) is 0 Å². The first kappa shape index (κ1) is 12.9. The fraction of sp³-hybridized carbons (Fsp3) is 0.375. The molecular weight excluding hydrogens is 250 g/mol. The highest BCUT2D eigenvalue weighted by atomic mass is 16.5. The van der Waals surface area contributed by atoms with Crippen molar-refractivity contribution in [3.63, 3.8) is 0 Å². The second kappa shape index (κ2) is 5.12. The molecule has 0 radical (unpaired) electrons. The molecule has 1 fully saturated rings. The van der Waals surface area contributed by atoms with Gasteiger partial charge in [0.1, 0.15) is 11.6 Å². The van der Waals surface area contributed by atoms with Crippen LogP contribution in [0.15, 0.2) is 24.3 Å². The molecule has 20 heavy (non-hydrogen) atoms. The van der Waals surface area contributed by atoms with Crippen molar-refractivity contribution in [2.24, 2.45) is 0 Å². The summed E-state index contributed by atoms with van der Waals surface area (Å²) in [6, 6.07) is 8.11. The molecule has 2 aromatic rings. The summed E-state index contributed by atoms with van der Waals surface area (Å²) >= 11 is 0. The van der Waals surface area contributed by atoms with E-state index in [1.165, 1.54) is 12.8 Å². The molecule has 4 heteroatoms. The summed E-state index contributed by atoms with van der Waals surface area (Å²) in [7, 11) is 3.58. The molecule has 1 aromatic heterocycles. The van der Waals surface area contributed by atoms with Gasteiger partial charge in [-0.05, 0) is 43.5 Å². The zero-order chi connectivity index (χ0) is 14.1. The number of rotatable bonds is 4. The highest BCUT2D eigenvalue weighted by Gasteiger charge is 2.26. The van der Waals surface area contributed by atoms with Crippen LogP contribution in [0.4, 0.5) is 5.82 Å². The minimum atomic E-state index is 0.614. The van der Waals surface area contributed by atoms with E-state index in [-0.39, 0.29) is 0 Å². The first-order valence-electron chi connectivity index (χ1n) is 6.93. The minimum absolute atomic E-state index is 0.614. The van der Waals surface area contributed by atoms with E-state index >= 15 is 0 Å². The summed E-state index contributed by atoms with van der Waals surface area (Å²) in [6.07, 6.45) is 2.47. The second-order valence-corrected chi connectivity index (χ2v) is 5.21. The van der Waals surface area contributed by atoms with Crippen molar-refractivity contribution in [3.8, 4) is 17.1 Å². The van der Waals surface area contributed by atoms with Crippen LogP contribution in [0.3, 0.4) is 0 Å². The highest BCUT2D eigenvalue weighted by Crippen LogP contribution is 2.40. The first-order valence-corrected chi connectivity index (χ1v) is 6.93. The topological polar surface area (TPSA) is 47.0 Å². The maximum Gasteiger partial charge on any atom is 0.161 e. The molecule has 0 spiro atoms. The summed E-state index contributed by atoms with van der Waals surface area (Å²) in [4.78, 5) is 9.28.